The number of pyridine rings is 1. The summed E-state index contributed by atoms with van der Waals surface area (Å²) in [5, 5.41) is 0. The van der Waals surface area contributed by atoms with Crippen molar-refractivity contribution in [2.45, 2.75) is 25.9 Å². The molecule has 90 valence electrons. The van der Waals surface area contributed by atoms with Crippen molar-refractivity contribution in [3.05, 3.63) is 24.0 Å². The Morgan fingerprint density at radius 2 is 2.18 bits per heavy atom. The van der Waals surface area contributed by atoms with E-state index in [1.807, 2.05) is 0 Å². The summed E-state index contributed by atoms with van der Waals surface area (Å²) >= 11 is 0. The predicted octanol–water partition coefficient (Wildman–Crippen LogP) is 0.927. The van der Waals surface area contributed by atoms with Gasteiger partial charge in [-0.1, -0.05) is 0 Å². The van der Waals surface area contributed by atoms with Gasteiger partial charge in [-0.05, 0) is 31.9 Å². The summed E-state index contributed by atoms with van der Waals surface area (Å²) in [6, 6.07) is 3.24. The Morgan fingerprint density at radius 3 is 2.65 bits per heavy atom. The molecule has 0 radical (unpaired) electrons. The van der Waals surface area contributed by atoms with Crippen molar-refractivity contribution in [3.8, 4) is 5.75 Å². The van der Waals surface area contributed by atoms with E-state index in [-0.39, 0.29) is 11.7 Å². The first-order chi connectivity index (χ1) is 8.08. The van der Waals surface area contributed by atoms with Crippen molar-refractivity contribution < 1.29 is 14.3 Å². The van der Waals surface area contributed by atoms with Crippen LogP contribution in [0, 0.1) is 5.92 Å². The van der Waals surface area contributed by atoms with Crippen LogP contribution in [0.4, 0.5) is 0 Å². The molecule has 1 heterocycles. The fourth-order valence-corrected chi connectivity index (χ4v) is 1.41. The summed E-state index contributed by atoms with van der Waals surface area (Å²) in [6.07, 6.45) is 2.64. The van der Waals surface area contributed by atoms with Gasteiger partial charge >= 0.3 is 0 Å². The highest BCUT2D eigenvalue weighted by atomic mass is 16.5. The molecule has 0 spiro atoms. The fraction of sp³-hybridized carbons (Fsp3) is 0.417. The summed E-state index contributed by atoms with van der Waals surface area (Å²) in [7, 11) is 0. The number of carbonyl (C=O) groups is 2. The molecule has 5 heteroatoms. The summed E-state index contributed by atoms with van der Waals surface area (Å²) in [5.74, 6) is 0.130. The monoisotopic (exact) mass is 234 g/mol. The van der Waals surface area contributed by atoms with Crippen molar-refractivity contribution in [3.63, 3.8) is 0 Å². The van der Waals surface area contributed by atoms with Crippen LogP contribution in [-0.2, 0) is 4.79 Å². The van der Waals surface area contributed by atoms with Crippen LogP contribution in [0.15, 0.2) is 18.3 Å². The number of ether oxygens (including phenoxy) is 1. The number of hydrogen-bond donors (Lipinski definition) is 1. The second-order valence-electron chi connectivity index (χ2n) is 4.18. The van der Waals surface area contributed by atoms with Crippen molar-refractivity contribution in [2.75, 3.05) is 0 Å². The van der Waals surface area contributed by atoms with Gasteiger partial charge in [-0.15, -0.1) is 0 Å². The maximum absolute atomic E-state index is 11.7. The van der Waals surface area contributed by atoms with Gasteiger partial charge in [-0.3, -0.25) is 9.59 Å². The second-order valence-corrected chi connectivity index (χ2v) is 4.18. The quantitative estimate of drug-likeness (QED) is 0.768. The van der Waals surface area contributed by atoms with Gasteiger partial charge in [0.2, 0.25) is 0 Å². The van der Waals surface area contributed by atoms with Gasteiger partial charge in [-0.2, -0.15) is 0 Å². The third-order valence-corrected chi connectivity index (χ3v) is 2.65. The van der Waals surface area contributed by atoms with E-state index in [1.165, 1.54) is 6.20 Å². The fourth-order valence-electron chi connectivity index (χ4n) is 1.41. The highest BCUT2D eigenvalue weighted by Gasteiger charge is 2.31. The first kappa shape index (κ1) is 11.6. The molecule has 1 aliphatic rings. The van der Waals surface area contributed by atoms with Gasteiger partial charge in [-0.25, -0.2) is 4.98 Å². The molecule has 0 bridgehead atoms. The van der Waals surface area contributed by atoms with Crippen molar-refractivity contribution in [1.82, 2.24) is 4.98 Å². The standard InChI is InChI=1S/C12H14N2O3/c1-7(12(13)16)17-9-4-5-10(14-6-9)11(15)8-2-3-8/h4-8H,2-3H2,1H3,(H2,13,16). The summed E-state index contributed by atoms with van der Waals surface area (Å²) in [6.45, 7) is 1.56. The Bertz CT molecular complexity index is 438. The molecule has 1 aliphatic carbocycles. The average Bonchev–Trinajstić information content (AvgIpc) is 3.13. The zero-order chi connectivity index (χ0) is 12.4. The number of nitrogens with two attached hydrogens (primary N) is 1. The van der Waals surface area contributed by atoms with E-state index in [2.05, 4.69) is 4.98 Å². The maximum atomic E-state index is 11.7. The van der Waals surface area contributed by atoms with Crippen LogP contribution < -0.4 is 10.5 Å². The molecule has 2 N–H and O–H groups in total. The van der Waals surface area contributed by atoms with E-state index >= 15 is 0 Å². The van der Waals surface area contributed by atoms with Crippen LogP contribution in [0.25, 0.3) is 0 Å². The van der Waals surface area contributed by atoms with E-state index in [9.17, 15) is 9.59 Å². The number of primary amides is 1. The first-order valence-corrected chi connectivity index (χ1v) is 5.54. The smallest absolute Gasteiger partial charge is 0.258 e. The lowest BCUT2D eigenvalue weighted by Gasteiger charge is -2.10. The summed E-state index contributed by atoms with van der Waals surface area (Å²) < 4.78 is 5.24. The Morgan fingerprint density at radius 1 is 1.47 bits per heavy atom. The lowest BCUT2D eigenvalue weighted by molar-refractivity contribution is -0.123. The molecule has 5 nitrogen and oxygen atoms in total. The third kappa shape index (κ3) is 2.81. The second kappa shape index (κ2) is 4.53. The Balaban J connectivity index is 2.02. The molecular weight excluding hydrogens is 220 g/mol. The third-order valence-electron chi connectivity index (χ3n) is 2.65. The van der Waals surface area contributed by atoms with E-state index in [4.69, 9.17) is 10.5 Å². The number of aromatic nitrogens is 1. The minimum atomic E-state index is -0.707. The topological polar surface area (TPSA) is 82.3 Å². The van der Waals surface area contributed by atoms with Crippen LogP contribution in [0.3, 0.4) is 0 Å². The van der Waals surface area contributed by atoms with E-state index in [0.29, 0.717) is 11.4 Å². The zero-order valence-electron chi connectivity index (χ0n) is 9.55. The normalized spacial score (nSPS) is 16.3. The first-order valence-electron chi connectivity index (χ1n) is 5.54. The van der Waals surface area contributed by atoms with Crippen molar-refractivity contribution in [1.29, 1.82) is 0 Å². The van der Waals surface area contributed by atoms with Crippen molar-refractivity contribution in [2.24, 2.45) is 11.7 Å². The molecule has 0 aromatic carbocycles. The number of rotatable bonds is 5. The molecule has 1 amide bonds. The number of Topliss-reactive ketones (excluding diaryl/α,β-unsaturated/α-hetero) is 1. The number of hydrogen-bond acceptors (Lipinski definition) is 4. The number of carbonyl (C=O) groups excluding carboxylic acids is 2. The molecule has 1 saturated carbocycles. The molecule has 2 rings (SSSR count). The number of ketones is 1. The maximum Gasteiger partial charge on any atom is 0.258 e. The van der Waals surface area contributed by atoms with Crippen LogP contribution >= 0.6 is 0 Å². The number of amides is 1. The van der Waals surface area contributed by atoms with E-state index in [1.54, 1.807) is 19.1 Å². The molecular formula is C12H14N2O3. The summed E-state index contributed by atoms with van der Waals surface area (Å²) in [4.78, 5) is 26.5. The van der Waals surface area contributed by atoms with Gasteiger partial charge in [0.15, 0.2) is 11.9 Å². The van der Waals surface area contributed by atoms with E-state index in [0.717, 1.165) is 12.8 Å². The molecule has 17 heavy (non-hydrogen) atoms. The van der Waals surface area contributed by atoms with Crippen molar-refractivity contribution >= 4 is 11.7 Å². The molecule has 1 aromatic rings. The molecule has 0 saturated heterocycles. The van der Waals surface area contributed by atoms with Crippen LogP contribution in [0.5, 0.6) is 5.75 Å². The highest BCUT2D eigenvalue weighted by molar-refractivity contribution is 5.97. The Labute approximate surface area is 99.0 Å². The minimum Gasteiger partial charge on any atom is -0.479 e. The average molecular weight is 234 g/mol. The van der Waals surface area contributed by atoms with Gasteiger partial charge in [0, 0.05) is 5.92 Å². The lowest BCUT2D eigenvalue weighted by Crippen LogP contribution is -2.30. The van der Waals surface area contributed by atoms with Crippen LogP contribution in [-0.4, -0.2) is 22.8 Å². The largest absolute Gasteiger partial charge is 0.479 e. The molecule has 1 aromatic heterocycles. The van der Waals surface area contributed by atoms with Crippen LogP contribution in [0.1, 0.15) is 30.3 Å². The lowest BCUT2D eigenvalue weighted by atomic mass is 10.2. The SMILES string of the molecule is CC(Oc1ccc(C(=O)C2CC2)nc1)C(N)=O. The molecule has 1 atom stereocenters. The Hall–Kier alpha value is -1.91. The number of nitrogens with zero attached hydrogens (tertiary/aromatic N) is 1. The van der Waals surface area contributed by atoms with Crippen LogP contribution in [0.2, 0.25) is 0 Å². The zero-order valence-corrected chi connectivity index (χ0v) is 9.55. The van der Waals surface area contributed by atoms with E-state index < -0.39 is 12.0 Å². The van der Waals surface area contributed by atoms with Gasteiger partial charge in [0.05, 0.1) is 6.20 Å². The molecule has 0 aliphatic heterocycles. The Kier molecular flexibility index (Phi) is 3.08. The summed E-state index contributed by atoms with van der Waals surface area (Å²) in [5.41, 5.74) is 5.52. The highest BCUT2D eigenvalue weighted by Crippen LogP contribution is 2.32. The van der Waals surface area contributed by atoms with Gasteiger partial charge in [0.1, 0.15) is 11.4 Å². The molecule has 1 fully saturated rings. The molecule has 1 unspecified atom stereocenters. The minimum absolute atomic E-state index is 0.0829. The van der Waals surface area contributed by atoms with Gasteiger partial charge in [0.25, 0.3) is 5.91 Å². The predicted molar refractivity (Wildman–Crippen MR) is 60.6 cm³/mol. The van der Waals surface area contributed by atoms with Gasteiger partial charge < -0.3 is 10.5 Å².